The van der Waals surface area contributed by atoms with Crippen LogP contribution in [0.25, 0.3) is 0 Å². The van der Waals surface area contributed by atoms with Crippen LogP contribution in [0, 0.1) is 0 Å². The Hall–Kier alpha value is -1.75. The highest BCUT2D eigenvalue weighted by Gasteiger charge is 2.19. The van der Waals surface area contributed by atoms with E-state index in [2.05, 4.69) is 0 Å². The van der Waals surface area contributed by atoms with Gasteiger partial charge < -0.3 is 19.5 Å². The Morgan fingerprint density at radius 1 is 1.35 bits per heavy atom. The number of aliphatic hydroxyl groups is 1. The molecule has 1 saturated heterocycles. The Morgan fingerprint density at radius 3 is 2.65 bits per heavy atom. The lowest BCUT2D eigenvalue weighted by Gasteiger charge is -2.17. The van der Waals surface area contributed by atoms with Crippen molar-refractivity contribution >= 4 is 5.91 Å². The van der Waals surface area contributed by atoms with Crippen molar-refractivity contribution in [2.75, 3.05) is 26.8 Å². The first-order valence-electron chi connectivity index (χ1n) is 6.88. The second kappa shape index (κ2) is 6.61. The summed E-state index contributed by atoms with van der Waals surface area (Å²) in [6, 6.07) is 5.21. The third kappa shape index (κ3) is 3.42. The maximum absolute atomic E-state index is 11.9. The van der Waals surface area contributed by atoms with Gasteiger partial charge in [0.1, 0.15) is 0 Å². The highest BCUT2D eigenvalue weighted by molar-refractivity contribution is 5.78. The minimum absolute atomic E-state index is 0.00385. The maximum atomic E-state index is 11.9. The Bertz CT molecular complexity index is 467. The van der Waals surface area contributed by atoms with Gasteiger partial charge in [-0.05, 0) is 37.5 Å². The first-order valence-corrected chi connectivity index (χ1v) is 6.88. The van der Waals surface area contributed by atoms with Gasteiger partial charge in [0, 0.05) is 13.1 Å². The number of amides is 1. The highest BCUT2D eigenvalue weighted by atomic mass is 16.5. The largest absolute Gasteiger partial charge is 0.493 e. The Labute approximate surface area is 119 Å². The third-order valence-corrected chi connectivity index (χ3v) is 3.48. The van der Waals surface area contributed by atoms with E-state index in [1.807, 2.05) is 4.90 Å². The van der Waals surface area contributed by atoms with Crippen LogP contribution in [0.1, 0.15) is 31.4 Å². The van der Waals surface area contributed by atoms with Crippen molar-refractivity contribution in [1.82, 2.24) is 4.90 Å². The zero-order valence-electron chi connectivity index (χ0n) is 12.0. The number of likely N-dealkylation sites (tertiary alicyclic amines) is 1. The molecule has 0 bridgehead atoms. The summed E-state index contributed by atoms with van der Waals surface area (Å²) in [5, 5.41) is 9.54. The van der Waals surface area contributed by atoms with Crippen LogP contribution in [0.5, 0.6) is 11.5 Å². The summed E-state index contributed by atoms with van der Waals surface area (Å²) < 4.78 is 10.8. The molecule has 0 aliphatic carbocycles. The van der Waals surface area contributed by atoms with Crippen LogP contribution in [-0.2, 0) is 4.79 Å². The van der Waals surface area contributed by atoms with Gasteiger partial charge >= 0.3 is 0 Å². The van der Waals surface area contributed by atoms with Crippen molar-refractivity contribution in [2.45, 2.75) is 25.9 Å². The molecule has 1 aromatic carbocycles. The van der Waals surface area contributed by atoms with E-state index in [1.54, 1.807) is 25.1 Å². The number of carbonyl (C=O) groups is 1. The normalized spacial score (nSPS) is 16.1. The van der Waals surface area contributed by atoms with Gasteiger partial charge in [-0.2, -0.15) is 0 Å². The quantitative estimate of drug-likeness (QED) is 0.892. The van der Waals surface area contributed by atoms with Crippen molar-refractivity contribution in [3.8, 4) is 11.5 Å². The SMILES string of the molecule is COc1cc([C@@H](C)O)ccc1OCC(=O)N1CCCC1. The average molecular weight is 279 g/mol. The van der Waals surface area contributed by atoms with Crippen LogP contribution in [0.4, 0.5) is 0 Å². The molecule has 5 heteroatoms. The second-order valence-electron chi connectivity index (χ2n) is 4.96. The van der Waals surface area contributed by atoms with E-state index >= 15 is 0 Å². The molecule has 0 saturated carbocycles. The molecule has 1 aliphatic heterocycles. The summed E-state index contributed by atoms with van der Waals surface area (Å²) in [6.45, 7) is 3.34. The first kappa shape index (κ1) is 14.7. The molecular weight excluding hydrogens is 258 g/mol. The van der Waals surface area contributed by atoms with E-state index in [-0.39, 0.29) is 12.5 Å². The van der Waals surface area contributed by atoms with Crippen LogP contribution >= 0.6 is 0 Å². The third-order valence-electron chi connectivity index (χ3n) is 3.48. The summed E-state index contributed by atoms with van der Waals surface area (Å²) in [7, 11) is 1.54. The van der Waals surface area contributed by atoms with Gasteiger partial charge in [-0.25, -0.2) is 0 Å². The fourth-order valence-corrected chi connectivity index (χ4v) is 2.26. The van der Waals surface area contributed by atoms with Gasteiger partial charge in [0.2, 0.25) is 0 Å². The van der Waals surface area contributed by atoms with E-state index in [0.717, 1.165) is 31.5 Å². The maximum Gasteiger partial charge on any atom is 0.260 e. The van der Waals surface area contributed by atoms with Crippen molar-refractivity contribution in [3.05, 3.63) is 23.8 Å². The summed E-state index contributed by atoms with van der Waals surface area (Å²) in [6.07, 6.45) is 1.57. The number of ether oxygens (including phenoxy) is 2. The smallest absolute Gasteiger partial charge is 0.260 e. The molecule has 1 fully saturated rings. The summed E-state index contributed by atoms with van der Waals surface area (Å²) in [4.78, 5) is 13.7. The lowest BCUT2D eigenvalue weighted by atomic mass is 10.1. The van der Waals surface area contributed by atoms with Gasteiger partial charge in [0.15, 0.2) is 18.1 Å². The molecule has 1 N–H and O–H groups in total. The Morgan fingerprint density at radius 2 is 2.05 bits per heavy atom. The van der Waals surface area contributed by atoms with E-state index in [9.17, 15) is 9.90 Å². The molecule has 1 heterocycles. The van der Waals surface area contributed by atoms with Crippen molar-refractivity contribution in [2.24, 2.45) is 0 Å². The standard InChI is InChI=1S/C15H21NO4/c1-11(17)12-5-6-13(14(9-12)19-2)20-10-15(18)16-7-3-4-8-16/h5-6,9,11,17H,3-4,7-8,10H2,1-2H3/t11-/m1/s1. The Balaban J connectivity index is 1.99. The minimum atomic E-state index is -0.566. The fourth-order valence-electron chi connectivity index (χ4n) is 2.26. The van der Waals surface area contributed by atoms with Crippen molar-refractivity contribution < 1.29 is 19.4 Å². The number of nitrogens with zero attached hydrogens (tertiary/aromatic N) is 1. The van der Waals surface area contributed by atoms with Crippen LogP contribution in [-0.4, -0.2) is 42.7 Å². The molecule has 0 aromatic heterocycles. The zero-order chi connectivity index (χ0) is 14.5. The van der Waals surface area contributed by atoms with E-state index < -0.39 is 6.10 Å². The highest BCUT2D eigenvalue weighted by Crippen LogP contribution is 2.30. The van der Waals surface area contributed by atoms with Crippen LogP contribution in [0.15, 0.2) is 18.2 Å². The number of carbonyl (C=O) groups excluding carboxylic acids is 1. The molecule has 5 nitrogen and oxygen atoms in total. The minimum Gasteiger partial charge on any atom is -0.493 e. The molecule has 0 spiro atoms. The molecule has 110 valence electrons. The molecule has 1 amide bonds. The number of methoxy groups -OCH3 is 1. The van der Waals surface area contributed by atoms with Gasteiger partial charge in [-0.15, -0.1) is 0 Å². The predicted octanol–water partition coefficient (Wildman–Crippen LogP) is 1.75. The number of hydrogen-bond acceptors (Lipinski definition) is 4. The lowest BCUT2D eigenvalue weighted by Crippen LogP contribution is -2.32. The fraction of sp³-hybridized carbons (Fsp3) is 0.533. The van der Waals surface area contributed by atoms with Crippen LogP contribution < -0.4 is 9.47 Å². The van der Waals surface area contributed by atoms with Crippen LogP contribution in [0.3, 0.4) is 0 Å². The molecular formula is C15H21NO4. The van der Waals surface area contributed by atoms with E-state index in [4.69, 9.17) is 9.47 Å². The van der Waals surface area contributed by atoms with Gasteiger partial charge in [-0.1, -0.05) is 6.07 Å². The first-order chi connectivity index (χ1) is 9.61. The summed E-state index contributed by atoms with van der Waals surface area (Å²) >= 11 is 0. The molecule has 1 atom stereocenters. The Kier molecular flexibility index (Phi) is 4.84. The topological polar surface area (TPSA) is 59.0 Å². The van der Waals surface area contributed by atoms with Gasteiger partial charge in [0.25, 0.3) is 5.91 Å². The number of benzene rings is 1. The average Bonchev–Trinajstić information content (AvgIpc) is 2.98. The van der Waals surface area contributed by atoms with E-state index in [0.29, 0.717) is 11.5 Å². The monoisotopic (exact) mass is 279 g/mol. The van der Waals surface area contributed by atoms with Crippen molar-refractivity contribution in [1.29, 1.82) is 0 Å². The molecule has 1 aliphatic rings. The number of rotatable bonds is 5. The number of aliphatic hydroxyl groups excluding tert-OH is 1. The predicted molar refractivity (Wildman–Crippen MR) is 74.9 cm³/mol. The molecule has 1 aromatic rings. The summed E-state index contributed by atoms with van der Waals surface area (Å²) in [5.41, 5.74) is 0.750. The van der Waals surface area contributed by atoms with Gasteiger partial charge in [-0.3, -0.25) is 4.79 Å². The lowest BCUT2D eigenvalue weighted by molar-refractivity contribution is -0.132. The van der Waals surface area contributed by atoms with Crippen LogP contribution in [0.2, 0.25) is 0 Å². The van der Waals surface area contributed by atoms with Crippen molar-refractivity contribution in [3.63, 3.8) is 0 Å². The number of hydrogen-bond donors (Lipinski definition) is 1. The zero-order valence-corrected chi connectivity index (χ0v) is 12.0. The van der Waals surface area contributed by atoms with Gasteiger partial charge in [0.05, 0.1) is 13.2 Å². The molecule has 20 heavy (non-hydrogen) atoms. The summed E-state index contributed by atoms with van der Waals surface area (Å²) in [5.74, 6) is 1.05. The molecule has 2 rings (SSSR count). The molecule has 0 unspecified atom stereocenters. The second-order valence-corrected chi connectivity index (χ2v) is 4.96. The molecule has 0 radical (unpaired) electrons. The van der Waals surface area contributed by atoms with E-state index in [1.165, 1.54) is 7.11 Å².